The first-order chi connectivity index (χ1) is 7.31. The highest BCUT2D eigenvalue weighted by Gasteiger charge is 2.19. The van der Waals surface area contributed by atoms with E-state index in [1.165, 1.54) is 12.1 Å². The van der Waals surface area contributed by atoms with Gasteiger partial charge >= 0.3 is 0 Å². The number of rotatable bonds is 4. The van der Waals surface area contributed by atoms with Crippen LogP contribution in [0.25, 0.3) is 0 Å². The second-order valence-corrected chi connectivity index (χ2v) is 4.40. The number of alkyl halides is 1. The van der Waals surface area contributed by atoms with Crippen molar-refractivity contribution in [3.63, 3.8) is 0 Å². The Kier molecular flexibility index (Phi) is 3.69. The first-order valence-electron chi connectivity index (χ1n) is 4.81. The lowest BCUT2D eigenvalue weighted by molar-refractivity contribution is 0.0626. The molecule has 0 spiro atoms. The second-order valence-electron chi connectivity index (χ2n) is 3.32. The lowest BCUT2D eigenvalue weighted by Crippen LogP contribution is -2.02. The maximum absolute atomic E-state index is 13.0. The molecule has 0 radical (unpaired) electrons. The van der Waals surface area contributed by atoms with Gasteiger partial charge < -0.3 is 4.74 Å². The molecule has 1 aromatic carbocycles. The highest BCUT2D eigenvalue weighted by Crippen LogP contribution is 2.28. The molecule has 2 nitrogen and oxygen atoms in total. The van der Waals surface area contributed by atoms with Gasteiger partial charge in [0.1, 0.15) is 5.82 Å². The summed E-state index contributed by atoms with van der Waals surface area (Å²) < 4.78 is 19.6. The van der Waals surface area contributed by atoms with Crippen molar-refractivity contribution in [3.05, 3.63) is 35.1 Å². The number of ether oxygens (including phenoxy) is 1. The van der Waals surface area contributed by atoms with Crippen molar-refractivity contribution in [1.82, 2.24) is 0 Å². The summed E-state index contributed by atoms with van der Waals surface area (Å²) in [6.07, 6.45) is 2.43. The molecule has 1 aromatic rings. The van der Waals surface area contributed by atoms with Gasteiger partial charge in [-0.3, -0.25) is 4.99 Å². The number of halogens is 2. The van der Waals surface area contributed by atoms with E-state index in [2.05, 4.69) is 27.6 Å². The van der Waals surface area contributed by atoms with E-state index in [1.807, 2.05) is 0 Å². The van der Waals surface area contributed by atoms with Crippen molar-refractivity contribution in [1.29, 1.82) is 0 Å². The molecule has 1 aliphatic rings. The van der Waals surface area contributed by atoms with Crippen LogP contribution in [0, 0.1) is 5.82 Å². The Morgan fingerprint density at radius 2 is 2.33 bits per heavy atom. The van der Waals surface area contributed by atoms with Gasteiger partial charge in [-0.2, -0.15) is 0 Å². The van der Waals surface area contributed by atoms with E-state index in [9.17, 15) is 4.39 Å². The summed E-state index contributed by atoms with van der Waals surface area (Å²) in [5.41, 5.74) is 1.79. The average Bonchev–Trinajstić information content (AvgIpc) is 2.62. The Labute approximate surface area is 102 Å². The van der Waals surface area contributed by atoms with E-state index in [4.69, 9.17) is 4.74 Å². The lowest BCUT2D eigenvalue weighted by Gasteiger charge is -2.10. The van der Waals surface area contributed by atoms with Crippen molar-refractivity contribution in [2.45, 2.75) is 12.6 Å². The Bertz CT molecular complexity index is 381. The molecule has 1 atom stereocenters. The molecule has 0 N–H and O–H groups in total. The number of hydrogen-bond acceptors (Lipinski definition) is 2. The predicted octanol–water partition coefficient (Wildman–Crippen LogP) is 3.10. The average molecular weight is 319 g/mol. The first-order valence-corrected chi connectivity index (χ1v) is 6.34. The fraction of sp³-hybridized carbons (Fsp3) is 0.364. The zero-order valence-electron chi connectivity index (χ0n) is 8.12. The van der Waals surface area contributed by atoms with Crippen LogP contribution in [0.4, 0.5) is 4.39 Å². The molecular formula is C11H11FINO. The SMILES string of the molecule is Fc1ccc2c(c1)C(OCCCI)N=C2. The second kappa shape index (κ2) is 5.03. The molecule has 4 heteroatoms. The predicted molar refractivity (Wildman–Crippen MR) is 66.2 cm³/mol. The molecular weight excluding hydrogens is 308 g/mol. The van der Waals surface area contributed by atoms with Crippen molar-refractivity contribution in [3.8, 4) is 0 Å². The molecule has 1 aliphatic heterocycles. The Balaban J connectivity index is 2.06. The molecule has 0 aliphatic carbocycles. The van der Waals surface area contributed by atoms with Gasteiger partial charge in [-0.05, 0) is 18.6 Å². The molecule has 1 heterocycles. The fourth-order valence-corrected chi connectivity index (χ4v) is 1.80. The molecule has 15 heavy (non-hydrogen) atoms. The molecule has 1 unspecified atom stereocenters. The summed E-state index contributed by atoms with van der Waals surface area (Å²) >= 11 is 2.30. The molecule has 0 bridgehead atoms. The van der Waals surface area contributed by atoms with Crippen LogP contribution in [-0.4, -0.2) is 17.2 Å². The molecule has 2 rings (SSSR count). The molecule has 80 valence electrons. The van der Waals surface area contributed by atoms with Gasteiger partial charge in [0.2, 0.25) is 0 Å². The van der Waals surface area contributed by atoms with E-state index in [-0.39, 0.29) is 12.0 Å². The van der Waals surface area contributed by atoms with E-state index in [1.54, 1.807) is 12.3 Å². The van der Waals surface area contributed by atoms with Gasteiger partial charge in [-0.15, -0.1) is 0 Å². The van der Waals surface area contributed by atoms with E-state index < -0.39 is 0 Å². The molecule has 0 saturated heterocycles. The minimum atomic E-state index is -0.307. The zero-order chi connectivity index (χ0) is 10.7. The summed E-state index contributed by atoms with van der Waals surface area (Å²) in [7, 11) is 0. The number of hydrogen-bond donors (Lipinski definition) is 0. The number of fused-ring (bicyclic) bond motifs is 1. The Hall–Kier alpha value is -0.490. The maximum atomic E-state index is 13.0. The third-order valence-corrected chi connectivity index (χ3v) is 2.98. The van der Waals surface area contributed by atoms with E-state index in [0.29, 0.717) is 6.61 Å². The van der Waals surface area contributed by atoms with Crippen molar-refractivity contribution in [2.75, 3.05) is 11.0 Å². The molecule has 0 saturated carbocycles. The summed E-state index contributed by atoms with van der Waals surface area (Å²) in [6, 6.07) is 4.67. The van der Waals surface area contributed by atoms with Crippen LogP contribution in [0.15, 0.2) is 23.2 Å². The maximum Gasteiger partial charge on any atom is 0.174 e. The van der Waals surface area contributed by atoms with Crippen LogP contribution in [0.1, 0.15) is 23.8 Å². The monoisotopic (exact) mass is 319 g/mol. The van der Waals surface area contributed by atoms with E-state index in [0.717, 1.165) is 22.0 Å². The summed E-state index contributed by atoms with van der Waals surface area (Å²) in [4.78, 5) is 4.20. The van der Waals surface area contributed by atoms with Gasteiger partial charge in [0.05, 0.1) is 6.61 Å². The van der Waals surface area contributed by atoms with E-state index >= 15 is 0 Å². The van der Waals surface area contributed by atoms with Crippen molar-refractivity contribution < 1.29 is 9.13 Å². The normalized spacial score (nSPS) is 18.1. The number of aliphatic imine (C=N–C) groups is 1. The Morgan fingerprint density at radius 3 is 3.13 bits per heavy atom. The zero-order valence-corrected chi connectivity index (χ0v) is 10.3. The third-order valence-electron chi connectivity index (χ3n) is 2.22. The summed E-state index contributed by atoms with van der Waals surface area (Å²) in [5.74, 6) is -0.234. The summed E-state index contributed by atoms with van der Waals surface area (Å²) in [6.45, 7) is 0.668. The van der Waals surface area contributed by atoms with Crippen LogP contribution in [0.5, 0.6) is 0 Å². The smallest absolute Gasteiger partial charge is 0.174 e. The molecule has 0 fully saturated rings. The van der Waals surface area contributed by atoms with Gasteiger partial charge in [0.25, 0.3) is 0 Å². The van der Waals surface area contributed by atoms with Crippen molar-refractivity contribution >= 4 is 28.8 Å². The number of benzene rings is 1. The summed E-state index contributed by atoms with van der Waals surface area (Å²) in [5, 5.41) is 0. The fourth-order valence-electron chi connectivity index (χ4n) is 1.49. The van der Waals surface area contributed by atoms with Crippen LogP contribution in [0.3, 0.4) is 0 Å². The van der Waals surface area contributed by atoms with Crippen LogP contribution in [-0.2, 0) is 4.74 Å². The number of nitrogens with zero attached hydrogens (tertiary/aromatic N) is 1. The van der Waals surface area contributed by atoms with Crippen LogP contribution >= 0.6 is 22.6 Å². The molecule has 0 aromatic heterocycles. The largest absolute Gasteiger partial charge is 0.352 e. The van der Waals surface area contributed by atoms with Gasteiger partial charge in [0.15, 0.2) is 6.23 Å². The lowest BCUT2D eigenvalue weighted by atomic mass is 10.1. The van der Waals surface area contributed by atoms with Gasteiger partial charge in [0, 0.05) is 21.8 Å². The minimum absolute atomic E-state index is 0.234. The quantitative estimate of drug-likeness (QED) is 0.475. The van der Waals surface area contributed by atoms with Crippen molar-refractivity contribution in [2.24, 2.45) is 4.99 Å². The third kappa shape index (κ3) is 2.55. The highest BCUT2D eigenvalue weighted by molar-refractivity contribution is 14.1. The first kappa shape index (κ1) is 11.0. The topological polar surface area (TPSA) is 21.6 Å². The van der Waals surface area contributed by atoms with Crippen LogP contribution < -0.4 is 0 Å². The van der Waals surface area contributed by atoms with Gasteiger partial charge in [-0.1, -0.05) is 28.7 Å². The standard InChI is InChI=1S/C11H11FINO/c12-9-3-2-8-7-14-11(10(8)6-9)15-5-1-4-13/h2-3,6-7,11H,1,4-5H2. The Morgan fingerprint density at radius 1 is 1.47 bits per heavy atom. The minimum Gasteiger partial charge on any atom is -0.352 e. The van der Waals surface area contributed by atoms with Crippen LogP contribution in [0.2, 0.25) is 0 Å². The highest BCUT2D eigenvalue weighted by atomic mass is 127. The van der Waals surface area contributed by atoms with Gasteiger partial charge in [-0.25, -0.2) is 4.39 Å². The molecule has 0 amide bonds.